The van der Waals surface area contributed by atoms with E-state index in [0.717, 1.165) is 17.7 Å². The van der Waals surface area contributed by atoms with Gasteiger partial charge in [0.2, 0.25) is 0 Å². The summed E-state index contributed by atoms with van der Waals surface area (Å²) in [6.45, 7) is -0.390. The fourth-order valence-electron chi connectivity index (χ4n) is 2.10. The van der Waals surface area contributed by atoms with Crippen molar-refractivity contribution in [3.63, 3.8) is 0 Å². The Hall–Kier alpha value is -3.22. The molecule has 0 unspecified atom stereocenters. The predicted octanol–water partition coefficient (Wildman–Crippen LogP) is 1.76. The van der Waals surface area contributed by atoms with Gasteiger partial charge in [-0.15, -0.1) is 0 Å². The molecule has 0 aliphatic rings. The number of esters is 1. The topological polar surface area (TPSA) is 75.7 Å². The zero-order chi connectivity index (χ0) is 18.9. The van der Waals surface area contributed by atoms with E-state index in [9.17, 15) is 18.8 Å². The normalized spacial score (nSPS) is 10.1. The van der Waals surface area contributed by atoms with Crippen molar-refractivity contribution in [2.75, 3.05) is 20.2 Å². The maximum atomic E-state index is 12.8. The first-order valence-corrected chi connectivity index (χ1v) is 7.93. The number of hydrogen-bond acceptors (Lipinski definition) is 4. The van der Waals surface area contributed by atoms with Gasteiger partial charge in [0.1, 0.15) is 12.4 Å². The number of rotatable bonds is 7. The van der Waals surface area contributed by atoms with Crippen LogP contribution in [0.4, 0.5) is 4.39 Å². The molecule has 2 amide bonds. The smallest absolute Gasteiger partial charge is 0.325 e. The fourth-order valence-corrected chi connectivity index (χ4v) is 2.10. The van der Waals surface area contributed by atoms with Gasteiger partial charge in [-0.05, 0) is 29.8 Å². The van der Waals surface area contributed by atoms with Crippen molar-refractivity contribution >= 4 is 17.8 Å². The first-order chi connectivity index (χ1) is 12.5. The summed E-state index contributed by atoms with van der Waals surface area (Å²) in [4.78, 5) is 36.9. The first kappa shape index (κ1) is 19.1. The van der Waals surface area contributed by atoms with Crippen LogP contribution in [-0.4, -0.2) is 42.9 Å². The molecule has 0 aliphatic carbocycles. The maximum absolute atomic E-state index is 12.8. The third-order valence-corrected chi connectivity index (χ3v) is 3.54. The number of carbonyl (C=O) groups is 3. The largest absolute Gasteiger partial charge is 0.454 e. The van der Waals surface area contributed by atoms with Crippen molar-refractivity contribution in [3.8, 4) is 0 Å². The monoisotopic (exact) mass is 358 g/mol. The lowest BCUT2D eigenvalue weighted by atomic mass is 10.2. The number of nitrogens with zero attached hydrogens (tertiary/aromatic N) is 1. The third-order valence-electron chi connectivity index (χ3n) is 3.54. The second-order valence-electron chi connectivity index (χ2n) is 5.59. The van der Waals surface area contributed by atoms with Crippen molar-refractivity contribution in [2.45, 2.75) is 6.54 Å². The Bertz CT molecular complexity index is 763. The van der Waals surface area contributed by atoms with Gasteiger partial charge in [0.05, 0.1) is 0 Å². The molecule has 2 rings (SSSR count). The minimum Gasteiger partial charge on any atom is -0.454 e. The number of halogens is 1. The Balaban J connectivity index is 1.71. The van der Waals surface area contributed by atoms with Crippen molar-refractivity contribution < 1.29 is 23.5 Å². The number of likely N-dealkylation sites (N-methyl/N-ethyl adjacent to an activating group) is 1. The molecule has 7 heteroatoms. The highest BCUT2D eigenvalue weighted by Crippen LogP contribution is 2.03. The van der Waals surface area contributed by atoms with E-state index in [4.69, 9.17) is 4.74 Å². The maximum Gasteiger partial charge on any atom is 0.325 e. The standard InChI is InChI=1S/C19H19FN2O4/c1-22(12-14-5-3-2-4-6-14)17(23)13-26-18(24)11-21-19(25)15-7-9-16(20)10-8-15/h2-10H,11-13H2,1H3,(H,21,25). The van der Waals surface area contributed by atoms with Gasteiger partial charge in [-0.3, -0.25) is 14.4 Å². The Labute approximate surface area is 150 Å². The highest BCUT2D eigenvalue weighted by Gasteiger charge is 2.13. The van der Waals surface area contributed by atoms with E-state index in [-0.39, 0.29) is 18.0 Å². The second-order valence-corrected chi connectivity index (χ2v) is 5.59. The molecule has 0 fully saturated rings. The predicted molar refractivity (Wildman–Crippen MR) is 92.6 cm³/mol. The molecule has 136 valence electrons. The van der Waals surface area contributed by atoms with E-state index in [1.165, 1.54) is 17.0 Å². The Morgan fingerprint density at radius 1 is 1.04 bits per heavy atom. The number of ether oxygens (including phenoxy) is 1. The molecule has 0 saturated heterocycles. The second kappa shape index (κ2) is 9.31. The van der Waals surface area contributed by atoms with Crippen LogP contribution in [0, 0.1) is 5.82 Å². The summed E-state index contributed by atoms with van der Waals surface area (Å²) in [6.07, 6.45) is 0. The fraction of sp³-hybridized carbons (Fsp3) is 0.211. The summed E-state index contributed by atoms with van der Waals surface area (Å²) in [6, 6.07) is 14.3. The average Bonchev–Trinajstić information content (AvgIpc) is 2.65. The van der Waals surface area contributed by atoms with Gasteiger partial charge < -0.3 is 15.0 Å². The van der Waals surface area contributed by atoms with Crippen LogP contribution in [0.15, 0.2) is 54.6 Å². The van der Waals surface area contributed by atoms with Crippen LogP contribution >= 0.6 is 0 Å². The van der Waals surface area contributed by atoms with Crippen molar-refractivity contribution in [3.05, 3.63) is 71.5 Å². The van der Waals surface area contributed by atoms with E-state index in [2.05, 4.69) is 5.32 Å². The lowest BCUT2D eigenvalue weighted by molar-refractivity contribution is -0.150. The van der Waals surface area contributed by atoms with Gasteiger partial charge in [-0.2, -0.15) is 0 Å². The molecule has 6 nitrogen and oxygen atoms in total. The molecule has 0 aliphatic heterocycles. The summed E-state index contributed by atoms with van der Waals surface area (Å²) >= 11 is 0. The van der Waals surface area contributed by atoms with Gasteiger partial charge in [0.25, 0.3) is 11.8 Å². The Kier molecular flexibility index (Phi) is 6.84. The minimum absolute atomic E-state index is 0.220. The minimum atomic E-state index is -0.734. The molecule has 2 aromatic carbocycles. The molecule has 2 aromatic rings. The SMILES string of the molecule is CN(Cc1ccccc1)C(=O)COC(=O)CNC(=O)c1ccc(F)cc1. The molecule has 0 spiro atoms. The highest BCUT2D eigenvalue weighted by molar-refractivity contribution is 5.96. The van der Waals surface area contributed by atoms with Crippen LogP contribution in [0.5, 0.6) is 0 Å². The number of amides is 2. The molecule has 0 heterocycles. The van der Waals surface area contributed by atoms with Crippen LogP contribution < -0.4 is 5.32 Å². The third kappa shape index (κ3) is 6.01. The van der Waals surface area contributed by atoms with E-state index >= 15 is 0 Å². The van der Waals surface area contributed by atoms with Gasteiger partial charge in [-0.25, -0.2) is 4.39 Å². The molecule has 0 bridgehead atoms. The summed E-state index contributed by atoms with van der Waals surface area (Å²) in [5.74, 6) is -2.08. The molecule has 0 aromatic heterocycles. The first-order valence-electron chi connectivity index (χ1n) is 7.93. The van der Waals surface area contributed by atoms with Crippen LogP contribution in [0.2, 0.25) is 0 Å². The summed E-state index contributed by atoms with van der Waals surface area (Å²) in [5.41, 5.74) is 1.18. The van der Waals surface area contributed by atoms with E-state index in [1.54, 1.807) is 7.05 Å². The number of nitrogens with one attached hydrogen (secondary N) is 1. The van der Waals surface area contributed by atoms with Crippen molar-refractivity contribution in [1.29, 1.82) is 0 Å². The summed E-state index contributed by atoms with van der Waals surface area (Å²) in [5, 5.41) is 2.35. The quantitative estimate of drug-likeness (QED) is 0.766. The Morgan fingerprint density at radius 3 is 2.35 bits per heavy atom. The van der Waals surface area contributed by atoms with Gasteiger partial charge in [-0.1, -0.05) is 30.3 Å². The summed E-state index contributed by atoms with van der Waals surface area (Å²) < 4.78 is 17.7. The van der Waals surface area contributed by atoms with E-state index in [1.807, 2.05) is 30.3 Å². The van der Waals surface area contributed by atoms with Gasteiger partial charge in [0.15, 0.2) is 6.61 Å². The number of benzene rings is 2. The van der Waals surface area contributed by atoms with E-state index in [0.29, 0.717) is 6.54 Å². The van der Waals surface area contributed by atoms with Crippen LogP contribution in [0.1, 0.15) is 15.9 Å². The lowest BCUT2D eigenvalue weighted by Gasteiger charge is -2.17. The zero-order valence-electron chi connectivity index (χ0n) is 14.3. The van der Waals surface area contributed by atoms with Crippen LogP contribution in [-0.2, 0) is 20.9 Å². The van der Waals surface area contributed by atoms with Crippen molar-refractivity contribution in [2.24, 2.45) is 0 Å². The molecule has 0 radical (unpaired) electrons. The highest BCUT2D eigenvalue weighted by atomic mass is 19.1. The Morgan fingerprint density at radius 2 is 1.69 bits per heavy atom. The molecule has 1 N–H and O–H groups in total. The molecular weight excluding hydrogens is 339 g/mol. The number of hydrogen-bond donors (Lipinski definition) is 1. The molecular formula is C19H19FN2O4. The lowest BCUT2D eigenvalue weighted by Crippen LogP contribution is -2.34. The van der Waals surface area contributed by atoms with Crippen LogP contribution in [0.3, 0.4) is 0 Å². The molecule has 0 saturated carbocycles. The van der Waals surface area contributed by atoms with Gasteiger partial charge >= 0.3 is 5.97 Å². The average molecular weight is 358 g/mol. The van der Waals surface area contributed by atoms with Crippen molar-refractivity contribution in [1.82, 2.24) is 10.2 Å². The van der Waals surface area contributed by atoms with Gasteiger partial charge in [0, 0.05) is 19.2 Å². The van der Waals surface area contributed by atoms with Crippen LogP contribution in [0.25, 0.3) is 0 Å². The van der Waals surface area contributed by atoms with E-state index < -0.39 is 24.3 Å². The zero-order valence-corrected chi connectivity index (χ0v) is 14.3. The number of carbonyl (C=O) groups excluding carboxylic acids is 3. The molecule has 0 atom stereocenters. The summed E-state index contributed by atoms with van der Waals surface area (Å²) in [7, 11) is 1.61. The molecule has 26 heavy (non-hydrogen) atoms.